The third-order valence-corrected chi connectivity index (χ3v) is 12.8. The molecule has 0 N–H and O–H groups in total. The van der Waals surface area contributed by atoms with Crippen molar-refractivity contribution in [1.82, 2.24) is 9.55 Å². The maximum absolute atomic E-state index is 9.32. The van der Waals surface area contributed by atoms with E-state index < -0.39 is 17.7 Å². The fourth-order valence-electron chi connectivity index (χ4n) is 9.13. The largest absolute Gasteiger partial charge is 0.457 e. The van der Waals surface area contributed by atoms with Crippen molar-refractivity contribution in [2.45, 2.75) is 112 Å². The van der Waals surface area contributed by atoms with Crippen molar-refractivity contribution in [2.24, 2.45) is 0 Å². The van der Waals surface area contributed by atoms with Crippen molar-refractivity contribution >= 4 is 44.6 Å². The second kappa shape index (κ2) is 16.3. The first-order chi connectivity index (χ1) is 31.4. The van der Waals surface area contributed by atoms with Gasteiger partial charge in [-0.1, -0.05) is 138 Å². The number of aromatic nitrogens is 2. The van der Waals surface area contributed by atoms with Crippen LogP contribution in [-0.2, 0) is 10.8 Å². The molecule has 3 heterocycles. The second-order valence-electron chi connectivity index (χ2n) is 20.2. The summed E-state index contributed by atoms with van der Waals surface area (Å²) in [5.74, 6) is -0.745. The molecule has 326 valence electrons. The molecule has 0 atom stereocenters. The van der Waals surface area contributed by atoms with Crippen LogP contribution in [0, 0.1) is 0 Å². The highest BCUT2D eigenvalue weighted by Crippen LogP contribution is 2.47. The first kappa shape index (κ1) is 39.3. The zero-order chi connectivity index (χ0) is 48.0. The van der Waals surface area contributed by atoms with Gasteiger partial charge < -0.3 is 14.5 Å². The van der Waals surface area contributed by atoms with Gasteiger partial charge in [0.1, 0.15) is 24.0 Å². The van der Waals surface area contributed by atoms with E-state index in [1.165, 1.54) is 22.5 Å². The molecule has 6 aromatic carbocycles. The molecule has 0 amide bonds. The zero-order valence-electron chi connectivity index (χ0n) is 42.7. The van der Waals surface area contributed by atoms with E-state index in [1.807, 2.05) is 78.1 Å². The molecule has 2 aromatic heterocycles. The van der Waals surface area contributed by atoms with Crippen LogP contribution in [0.4, 0.5) is 22.7 Å². The predicted octanol–water partition coefficient (Wildman–Crippen LogP) is 16.9. The Labute approximate surface area is 385 Å². The Balaban J connectivity index is 1.10. The summed E-state index contributed by atoms with van der Waals surface area (Å²) >= 11 is 0. The number of ether oxygens (including phenoxy) is 1. The summed E-state index contributed by atoms with van der Waals surface area (Å²) in [4.78, 5) is 9.78. The van der Waals surface area contributed by atoms with Crippen LogP contribution in [0.25, 0.3) is 38.8 Å². The van der Waals surface area contributed by atoms with Crippen molar-refractivity contribution in [3.8, 4) is 28.4 Å². The Bertz CT molecular complexity index is 3120. The number of hydrogen-bond acceptors (Lipinski definition) is 4. The predicted molar refractivity (Wildman–Crippen MR) is 272 cm³/mol. The number of nitrogens with zero attached hydrogens (tertiary/aromatic N) is 4. The average Bonchev–Trinajstić information content (AvgIpc) is 3.81. The maximum Gasteiger partial charge on any atom is 0.138 e. The summed E-state index contributed by atoms with van der Waals surface area (Å²) in [5, 5.41) is 2.17. The minimum atomic E-state index is -0.998. The average molecular weight is 848 g/mol. The first-order valence-corrected chi connectivity index (χ1v) is 22.6. The summed E-state index contributed by atoms with van der Waals surface area (Å²) in [6, 6.07) is 46.8. The molecule has 5 heteroatoms. The highest BCUT2D eigenvalue weighted by molar-refractivity contribution is 6.09. The number of rotatable bonds is 9. The van der Waals surface area contributed by atoms with E-state index in [0.717, 1.165) is 72.6 Å². The minimum absolute atomic E-state index is 0.0000164. The van der Waals surface area contributed by atoms with E-state index in [4.69, 9.17) is 11.1 Å². The molecule has 0 bridgehead atoms. The van der Waals surface area contributed by atoms with Crippen LogP contribution in [-0.4, -0.2) is 16.2 Å². The van der Waals surface area contributed by atoms with Crippen LogP contribution < -0.4 is 14.5 Å². The third-order valence-electron chi connectivity index (χ3n) is 12.8. The third kappa shape index (κ3) is 7.95. The lowest BCUT2D eigenvalue weighted by atomic mass is 9.80. The molecule has 0 fully saturated rings. The fraction of sp³-hybridized carbons (Fsp3) is 0.305. The summed E-state index contributed by atoms with van der Waals surface area (Å²) in [6.07, 6.45) is 1.82. The van der Waals surface area contributed by atoms with Crippen molar-refractivity contribution in [1.29, 1.82) is 0 Å². The highest BCUT2D eigenvalue weighted by Gasteiger charge is 2.30. The van der Waals surface area contributed by atoms with Gasteiger partial charge in [-0.25, -0.2) is 4.98 Å². The van der Waals surface area contributed by atoms with Crippen LogP contribution in [0.1, 0.15) is 133 Å². The summed E-state index contributed by atoms with van der Waals surface area (Å²) in [5.41, 5.74) is 13.2. The Morgan fingerprint density at radius 1 is 0.547 bits per heavy atom. The summed E-state index contributed by atoms with van der Waals surface area (Å²) < 4.78 is 36.5. The normalized spacial score (nSPS) is 14.5. The van der Waals surface area contributed by atoms with E-state index >= 15 is 0 Å². The molecule has 1 aliphatic heterocycles. The number of para-hydroxylation sites is 3. The molecule has 0 unspecified atom stereocenters. The lowest BCUT2D eigenvalue weighted by molar-refractivity contribution is 0.483. The Morgan fingerprint density at radius 3 is 1.77 bits per heavy atom. The molecule has 0 saturated heterocycles. The molecule has 0 aliphatic carbocycles. The molecule has 0 spiro atoms. The van der Waals surface area contributed by atoms with E-state index in [1.54, 1.807) is 0 Å². The smallest absolute Gasteiger partial charge is 0.138 e. The molecule has 9 rings (SSSR count). The van der Waals surface area contributed by atoms with Gasteiger partial charge in [0.05, 0.1) is 22.4 Å². The van der Waals surface area contributed by atoms with E-state index in [9.17, 15) is 2.74 Å². The molecular weight excluding hydrogens is 781 g/mol. The van der Waals surface area contributed by atoms with Crippen molar-refractivity contribution in [3.05, 3.63) is 167 Å². The molecule has 0 radical (unpaired) electrons. The molecular formula is C59H64N4O. The quantitative estimate of drug-likeness (QED) is 0.145. The fourth-order valence-corrected chi connectivity index (χ4v) is 9.13. The van der Waals surface area contributed by atoms with Crippen molar-refractivity contribution in [2.75, 3.05) is 16.5 Å². The molecule has 8 aromatic rings. The van der Waals surface area contributed by atoms with E-state index in [0.29, 0.717) is 12.4 Å². The molecule has 0 saturated carbocycles. The molecule has 64 heavy (non-hydrogen) atoms. The number of anilines is 4. The second-order valence-corrected chi connectivity index (χ2v) is 20.2. The first-order valence-electron chi connectivity index (χ1n) is 24.1. The van der Waals surface area contributed by atoms with E-state index in [-0.39, 0.29) is 10.8 Å². The Morgan fingerprint density at radius 2 is 1.14 bits per heavy atom. The van der Waals surface area contributed by atoms with Gasteiger partial charge in [-0.3, -0.25) is 4.57 Å². The maximum atomic E-state index is 9.32. The van der Waals surface area contributed by atoms with Crippen LogP contribution in [0.5, 0.6) is 11.5 Å². The van der Waals surface area contributed by atoms with Gasteiger partial charge in [-0.05, 0) is 134 Å². The van der Waals surface area contributed by atoms with Crippen LogP contribution in [0.3, 0.4) is 0 Å². The zero-order valence-corrected chi connectivity index (χ0v) is 39.7. The minimum Gasteiger partial charge on any atom is -0.457 e. The number of benzene rings is 6. The van der Waals surface area contributed by atoms with Gasteiger partial charge in [-0.2, -0.15) is 0 Å². The van der Waals surface area contributed by atoms with Crippen LogP contribution >= 0.6 is 0 Å². The lowest BCUT2D eigenvalue weighted by Gasteiger charge is -2.29. The van der Waals surface area contributed by atoms with E-state index in [2.05, 4.69) is 159 Å². The Kier molecular flexibility index (Phi) is 10.0. The molecule has 5 nitrogen and oxygen atoms in total. The lowest BCUT2D eigenvalue weighted by Crippen LogP contribution is -2.25. The van der Waals surface area contributed by atoms with Gasteiger partial charge in [0.15, 0.2) is 0 Å². The van der Waals surface area contributed by atoms with Crippen molar-refractivity contribution < 1.29 is 8.85 Å². The topological polar surface area (TPSA) is 33.5 Å². The standard InChI is InChI=1S/C59H64N4O/c1-37(2)41-28-50(38(3)4)57(51(29-41)39(5)6)40-26-27-60-56(30-40)63-52-21-14-13-20-48(52)49-25-24-47(35-55(49)63)64-46-19-17-18-44(34-46)61-36-62(54-23-16-15-22-53(54)61)45-32-42(58(7,8)9)31-43(33-45)59(10,11)12/h13-35,37-39H,36H2,1-12H3/i37D,38D,39D. The number of hydrogen-bond donors (Lipinski definition) is 0. The van der Waals surface area contributed by atoms with Gasteiger partial charge in [0, 0.05) is 44.6 Å². The van der Waals surface area contributed by atoms with Gasteiger partial charge in [-0.15, -0.1) is 0 Å². The van der Waals surface area contributed by atoms with Gasteiger partial charge in [0.2, 0.25) is 0 Å². The monoisotopic (exact) mass is 848 g/mol. The number of pyridine rings is 1. The molecule has 1 aliphatic rings. The highest BCUT2D eigenvalue weighted by atomic mass is 16.5. The van der Waals surface area contributed by atoms with Gasteiger partial charge >= 0.3 is 0 Å². The van der Waals surface area contributed by atoms with Crippen LogP contribution in [0.15, 0.2) is 140 Å². The van der Waals surface area contributed by atoms with Crippen LogP contribution in [0.2, 0.25) is 0 Å². The van der Waals surface area contributed by atoms with Gasteiger partial charge in [0.25, 0.3) is 0 Å². The summed E-state index contributed by atoms with van der Waals surface area (Å²) in [6.45, 7) is 25.6. The Hall–Kier alpha value is -6.33. The number of fused-ring (bicyclic) bond motifs is 4. The summed E-state index contributed by atoms with van der Waals surface area (Å²) in [7, 11) is 0. The SMILES string of the molecule is [2H]C(C)(C)c1cc(C([2H])(C)C)c(-c2ccnc(-n3c4ccccc4c4ccc(Oc5cccc(N6CN(c7cc(C(C)(C)C)cc(C(C)(C)C)c7)c7ccccc76)c5)cc43)c2)c(C([2H])(C)C)c1. The van der Waals surface area contributed by atoms with Crippen molar-refractivity contribution in [3.63, 3.8) is 0 Å².